The minimum atomic E-state index is -1.09. The minimum absolute atomic E-state index is 0.159. The van der Waals surface area contributed by atoms with Crippen LogP contribution < -0.4 is 11.1 Å². The lowest BCUT2D eigenvalue weighted by atomic mass is 10.0. The predicted molar refractivity (Wildman–Crippen MR) is 64.7 cm³/mol. The van der Waals surface area contributed by atoms with Crippen molar-refractivity contribution in [2.24, 2.45) is 11.7 Å². The molecule has 1 aromatic rings. The van der Waals surface area contributed by atoms with Gasteiger partial charge in [0.2, 0.25) is 5.91 Å². The molecule has 100 valence electrons. The molecule has 5 N–H and O–H groups in total. The van der Waals surface area contributed by atoms with E-state index < -0.39 is 17.9 Å². The highest BCUT2D eigenvalue weighted by atomic mass is 16.4. The molecule has 0 aromatic carbocycles. The third-order valence-electron chi connectivity index (χ3n) is 2.80. The molecule has 0 aliphatic carbocycles. The number of carbonyl (C=O) groups excluding carboxylic acids is 1. The van der Waals surface area contributed by atoms with Crippen LogP contribution in [0.5, 0.6) is 0 Å². The van der Waals surface area contributed by atoms with E-state index in [9.17, 15) is 9.59 Å². The van der Waals surface area contributed by atoms with Crippen LogP contribution in [-0.2, 0) is 16.0 Å². The number of imidazole rings is 1. The fourth-order valence-electron chi connectivity index (χ4n) is 1.36. The number of rotatable bonds is 6. The molecule has 3 atom stereocenters. The standard InChI is InChI=1S/C11H18N4O3/c1-6(7(2)12)10(16)15-9(11(17)18)3-8-4-13-5-14-8/h4-7,9H,3,12H2,1-2H3,(H,13,14)(H,15,16)(H,17,18). The summed E-state index contributed by atoms with van der Waals surface area (Å²) in [5.41, 5.74) is 6.25. The number of aromatic amines is 1. The van der Waals surface area contributed by atoms with Gasteiger partial charge in [-0.2, -0.15) is 0 Å². The number of carboxylic acid groups (broad SMARTS) is 1. The Labute approximate surface area is 105 Å². The van der Waals surface area contributed by atoms with Crippen molar-refractivity contribution in [3.8, 4) is 0 Å². The fourth-order valence-corrected chi connectivity index (χ4v) is 1.36. The van der Waals surface area contributed by atoms with E-state index in [0.29, 0.717) is 5.69 Å². The molecule has 1 aromatic heterocycles. The minimum Gasteiger partial charge on any atom is -0.480 e. The average Bonchev–Trinajstić information content (AvgIpc) is 2.79. The first kappa shape index (κ1) is 14.2. The first-order valence-corrected chi connectivity index (χ1v) is 5.67. The number of H-pyrrole nitrogens is 1. The van der Waals surface area contributed by atoms with E-state index in [1.165, 1.54) is 12.5 Å². The SMILES string of the molecule is CC(N)C(C)C(=O)NC(Cc1cnc[nH]1)C(=O)O. The Kier molecular flexibility index (Phi) is 4.85. The van der Waals surface area contributed by atoms with Crippen LogP contribution in [0.1, 0.15) is 19.5 Å². The lowest BCUT2D eigenvalue weighted by Crippen LogP contribution is -2.47. The van der Waals surface area contributed by atoms with E-state index in [0.717, 1.165) is 0 Å². The third kappa shape index (κ3) is 3.85. The van der Waals surface area contributed by atoms with Crippen molar-refractivity contribution in [2.75, 3.05) is 0 Å². The van der Waals surface area contributed by atoms with Gasteiger partial charge in [0.05, 0.1) is 6.33 Å². The van der Waals surface area contributed by atoms with Crippen molar-refractivity contribution in [1.82, 2.24) is 15.3 Å². The number of nitrogens with zero attached hydrogens (tertiary/aromatic N) is 1. The second kappa shape index (κ2) is 6.15. The van der Waals surface area contributed by atoms with Gasteiger partial charge in [0.25, 0.3) is 0 Å². The second-order valence-electron chi connectivity index (χ2n) is 4.33. The fraction of sp³-hybridized carbons (Fsp3) is 0.545. The Morgan fingerprint density at radius 3 is 2.67 bits per heavy atom. The van der Waals surface area contributed by atoms with Gasteiger partial charge >= 0.3 is 5.97 Å². The first-order chi connectivity index (χ1) is 8.41. The second-order valence-corrected chi connectivity index (χ2v) is 4.33. The van der Waals surface area contributed by atoms with Crippen LogP contribution in [-0.4, -0.2) is 39.0 Å². The summed E-state index contributed by atoms with van der Waals surface area (Å²) in [5, 5.41) is 11.5. The van der Waals surface area contributed by atoms with Gasteiger partial charge in [-0.3, -0.25) is 4.79 Å². The van der Waals surface area contributed by atoms with Gasteiger partial charge in [0.1, 0.15) is 6.04 Å². The van der Waals surface area contributed by atoms with Gasteiger partial charge in [-0.05, 0) is 6.92 Å². The highest BCUT2D eigenvalue weighted by molar-refractivity contribution is 5.85. The largest absolute Gasteiger partial charge is 0.480 e. The molecule has 0 saturated heterocycles. The highest BCUT2D eigenvalue weighted by Crippen LogP contribution is 2.03. The Hall–Kier alpha value is -1.89. The van der Waals surface area contributed by atoms with E-state index in [1.54, 1.807) is 13.8 Å². The number of amides is 1. The van der Waals surface area contributed by atoms with Crippen molar-refractivity contribution in [3.63, 3.8) is 0 Å². The Balaban J connectivity index is 2.64. The Bertz CT molecular complexity index is 402. The molecule has 1 heterocycles. The molecule has 1 rings (SSSR count). The number of hydrogen-bond acceptors (Lipinski definition) is 4. The van der Waals surface area contributed by atoms with Gasteiger partial charge in [0, 0.05) is 30.3 Å². The normalized spacial score (nSPS) is 15.7. The lowest BCUT2D eigenvalue weighted by Gasteiger charge is -2.19. The van der Waals surface area contributed by atoms with Gasteiger partial charge in [-0.15, -0.1) is 0 Å². The molecule has 7 nitrogen and oxygen atoms in total. The highest BCUT2D eigenvalue weighted by Gasteiger charge is 2.25. The van der Waals surface area contributed by atoms with Crippen molar-refractivity contribution in [1.29, 1.82) is 0 Å². The van der Waals surface area contributed by atoms with Crippen molar-refractivity contribution < 1.29 is 14.7 Å². The van der Waals surface area contributed by atoms with Crippen LogP contribution in [0.3, 0.4) is 0 Å². The molecule has 0 bridgehead atoms. The van der Waals surface area contributed by atoms with E-state index in [2.05, 4.69) is 15.3 Å². The maximum absolute atomic E-state index is 11.7. The van der Waals surface area contributed by atoms with E-state index in [1.807, 2.05) is 0 Å². The molecule has 0 fully saturated rings. The molecule has 0 spiro atoms. The van der Waals surface area contributed by atoms with Crippen LogP contribution in [0, 0.1) is 5.92 Å². The molecule has 0 saturated carbocycles. The number of carbonyl (C=O) groups is 2. The first-order valence-electron chi connectivity index (χ1n) is 5.67. The summed E-state index contributed by atoms with van der Waals surface area (Å²) in [6, 6.07) is -1.31. The number of nitrogens with two attached hydrogens (primary N) is 1. The summed E-state index contributed by atoms with van der Waals surface area (Å²) in [6.07, 6.45) is 3.14. The smallest absolute Gasteiger partial charge is 0.326 e. The maximum Gasteiger partial charge on any atom is 0.326 e. The summed E-state index contributed by atoms with van der Waals surface area (Å²) in [7, 11) is 0. The molecule has 3 unspecified atom stereocenters. The number of aliphatic carboxylic acids is 1. The quantitative estimate of drug-likeness (QED) is 0.545. The zero-order chi connectivity index (χ0) is 13.7. The molecule has 18 heavy (non-hydrogen) atoms. The van der Waals surface area contributed by atoms with Crippen molar-refractivity contribution >= 4 is 11.9 Å². The molecule has 0 aliphatic rings. The van der Waals surface area contributed by atoms with E-state index >= 15 is 0 Å². The lowest BCUT2D eigenvalue weighted by molar-refractivity contribution is -0.142. The van der Waals surface area contributed by atoms with Gasteiger partial charge in [-0.1, -0.05) is 6.92 Å². The summed E-state index contributed by atoms with van der Waals surface area (Å²) in [5.74, 6) is -1.89. The topological polar surface area (TPSA) is 121 Å². The number of nitrogens with one attached hydrogen (secondary N) is 2. The van der Waals surface area contributed by atoms with E-state index in [-0.39, 0.29) is 18.4 Å². The van der Waals surface area contributed by atoms with Crippen LogP contribution in [0.15, 0.2) is 12.5 Å². The van der Waals surface area contributed by atoms with Crippen molar-refractivity contribution in [2.45, 2.75) is 32.4 Å². The maximum atomic E-state index is 11.7. The zero-order valence-electron chi connectivity index (χ0n) is 10.4. The third-order valence-corrected chi connectivity index (χ3v) is 2.80. The monoisotopic (exact) mass is 254 g/mol. The van der Waals surface area contributed by atoms with Gasteiger partial charge in [0.15, 0.2) is 0 Å². The predicted octanol–water partition coefficient (Wildman–Crippen LogP) is -0.495. The Morgan fingerprint density at radius 1 is 1.56 bits per heavy atom. The van der Waals surface area contributed by atoms with Crippen molar-refractivity contribution in [3.05, 3.63) is 18.2 Å². The van der Waals surface area contributed by atoms with Gasteiger partial charge < -0.3 is 21.1 Å². The van der Waals surface area contributed by atoms with Crippen LogP contribution >= 0.6 is 0 Å². The van der Waals surface area contributed by atoms with E-state index in [4.69, 9.17) is 10.8 Å². The van der Waals surface area contributed by atoms with Crippen LogP contribution in [0.25, 0.3) is 0 Å². The van der Waals surface area contributed by atoms with Gasteiger partial charge in [-0.25, -0.2) is 9.78 Å². The molecular formula is C11H18N4O3. The molecule has 7 heteroatoms. The number of carboxylic acids is 1. The van der Waals surface area contributed by atoms with Crippen LogP contribution in [0.4, 0.5) is 0 Å². The zero-order valence-corrected chi connectivity index (χ0v) is 10.4. The summed E-state index contributed by atoms with van der Waals surface area (Å²) in [4.78, 5) is 29.4. The average molecular weight is 254 g/mol. The number of aromatic nitrogens is 2. The summed E-state index contributed by atoms with van der Waals surface area (Å²) in [6.45, 7) is 3.37. The molecule has 0 radical (unpaired) electrons. The summed E-state index contributed by atoms with van der Waals surface area (Å²) < 4.78 is 0. The molecular weight excluding hydrogens is 236 g/mol. The Morgan fingerprint density at radius 2 is 2.22 bits per heavy atom. The summed E-state index contributed by atoms with van der Waals surface area (Å²) >= 11 is 0. The van der Waals surface area contributed by atoms with Crippen LogP contribution in [0.2, 0.25) is 0 Å². The molecule has 1 amide bonds. The number of hydrogen-bond donors (Lipinski definition) is 4. The molecule has 0 aliphatic heterocycles.